The first-order valence-corrected chi connectivity index (χ1v) is 11.2. The van der Waals surface area contributed by atoms with E-state index in [1.54, 1.807) is 54.6 Å². The molecule has 1 saturated heterocycles. The van der Waals surface area contributed by atoms with Gasteiger partial charge in [0.1, 0.15) is 17.1 Å². The highest BCUT2D eigenvalue weighted by atomic mass is 79.9. The molecule has 0 unspecified atom stereocenters. The van der Waals surface area contributed by atoms with E-state index in [0.717, 1.165) is 10.5 Å². The molecule has 4 rings (SSSR count). The maximum Gasteiger partial charge on any atom is 0.343 e. The quantitative estimate of drug-likeness (QED) is 0.221. The molecule has 8 nitrogen and oxygen atoms in total. The Hall–Kier alpha value is -4.24. The number of amides is 4. The van der Waals surface area contributed by atoms with Crippen LogP contribution < -0.4 is 19.7 Å². The molecule has 3 aromatic carbocycles. The number of para-hydroxylation sites is 2. The zero-order valence-electron chi connectivity index (χ0n) is 18.7. The normalized spacial score (nSPS) is 14.7. The average Bonchev–Trinajstić information content (AvgIpc) is 2.84. The second kappa shape index (κ2) is 9.94. The molecule has 1 aliphatic heterocycles. The highest BCUT2D eigenvalue weighted by Crippen LogP contribution is 2.32. The van der Waals surface area contributed by atoms with Crippen molar-refractivity contribution < 1.29 is 28.7 Å². The molecule has 1 aliphatic rings. The van der Waals surface area contributed by atoms with Crippen LogP contribution in [0.5, 0.6) is 11.5 Å². The summed E-state index contributed by atoms with van der Waals surface area (Å²) in [5, 5.41) is 2.17. The zero-order valence-corrected chi connectivity index (χ0v) is 20.3. The second-order valence-electron chi connectivity index (χ2n) is 7.57. The van der Waals surface area contributed by atoms with Gasteiger partial charge in [-0.05, 0) is 55.5 Å². The summed E-state index contributed by atoms with van der Waals surface area (Å²) < 4.78 is 11.4. The minimum absolute atomic E-state index is 0.132. The number of hydrogen-bond donors (Lipinski definition) is 1. The van der Waals surface area contributed by atoms with Crippen LogP contribution in [-0.2, 0) is 9.59 Å². The third-order valence-electron chi connectivity index (χ3n) is 5.19. The van der Waals surface area contributed by atoms with Crippen molar-refractivity contribution in [3.8, 4) is 11.5 Å². The summed E-state index contributed by atoms with van der Waals surface area (Å²) in [6, 6.07) is 17.2. The van der Waals surface area contributed by atoms with Gasteiger partial charge in [0.25, 0.3) is 11.8 Å². The van der Waals surface area contributed by atoms with Crippen LogP contribution in [0.2, 0.25) is 0 Å². The molecule has 9 heteroatoms. The number of methoxy groups -OCH3 is 1. The number of urea groups is 1. The Morgan fingerprint density at radius 2 is 1.69 bits per heavy atom. The van der Waals surface area contributed by atoms with Crippen LogP contribution in [0, 0.1) is 6.92 Å². The third-order valence-corrected chi connectivity index (χ3v) is 5.68. The first kappa shape index (κ1) is 23.9. The Kier molecular flexibility index (Phi) is 6.79. The molecule has 0 aliphatic carbocycles. The predicted molar refractivity (Wildman–Crippen MR) is 132 cm³/mol. The Bertz CT molecular complexity index is 1380. The number of halogens is 1. The summed E-state index contributed by atoms with van der Waals surface area (Å²) in [6.45, 7) is 1.90. The van der Waals surface area contributed by atoms with Crippen LogP contribution in [0.15, 0.2) is 76.8 Å². The SMILES string of the molecule is COc1ccccc1N1C(=O)NC(=O)/C(=C/c2cc(Br)ccc2OC(=O)c2ccc(C)cc2)C1=O. The fourth-order valence-corrected chi connectivity index (χ4v) is 3.80. The van der Waals surface area contributed by atoms with Crippen molar-refractivity contribution in [3.05, 3.63) is 93.5 Å². The third kappa shape index (κ3) is 4.99. The van der Waals surface area contributed by atoms with Gasteiger partial charge in [-0.3, -0.25) is 14.9 Å². The van der Waals surface area contributed by atoms with E-state index in [1.165, 1.54) is 25.3 Å². The van der Waals surface area contributed by atoms with E-state index in [4.69, 9.17) is 9.47 Å². The van der Waals surface area contributed by atoms with E-state index in [-0.39, 0.29) is 28.3 Å². The number of ether oxygens (including phenoxy) is 2. The van der Waals surface area contributed by atoms with Crippen LogP contribution >= 0.6 is 15.9 Å². The summed E-state index contributed by atoms with van der Waals surface area (Å²) >= 11 is 3.35. The van der Waals surface area contributed by atoms with Crippen LogP contribution in [0.1, 0.15) is 21.5 Å². The predicted octanol–water partition coefficient (Wildman–Crippen LogP) is 4.65. The molecule has 0 aromatic heterocycles. The van der Waals surface area contributed by atoms with E-state index < -0.39 is 23.8 Å². The summed E-state index contributed by atoms with van der Waals surface area (Å²) in [7, 11) is 1.41. The van der Waals surface area contributed by atoms with Crippen LogP contribution in [0.25, 0.3) is 6.08 Å². The molecule has 4 amide bonds. The number of nitrogens with zero attached hydrogens (tertiary/aromatic N) is 1. The van der Waals surface area contributed by atoms with E-state index in [0.29, 0.717) is 10.0 Å². The fraction of sp³-hybridized carbons (Fsp3) is 0.0769. The van der Waals surface area contributed by atoms with E-state index in [2.05, 4.69) is 21.2 Å². The monoisotopic (exact) mass is 534 g/mol. The summed E-state index contributed by atoms with van der Waals surface area (Å²) in [6.07, 6.45) is 1.27. The largest absolute Gasteiger partial charge is 0.495 e. The van der Waals surface area contributed by atoms with Crippen LogP contribution in [0.3, 0.4) is 0 Å². The number of nitrogens with one attached hydrogen (secondary N) is 1. The number of anilines is 1. The first-order chi connectivity index (χ1) is 16.8. The molecule has 1 heterocycles. The summed E-state index contributed by atoms with van der Waals surface area (Å²) in [4.78, 5) is 51.9. The average molecular weight is 535 g/mol. The standard InChI is InChI=1S/C26H19BrN2O6/c1-15-7-9-16(10-8-15)25(32)35-21-12-11-18(27)13-17(21)14-19-23(30)28-26(33)29(24(19)31)20-5-3-4-6-22(20)34-2/h3-14H,1-2H3,(H,28,30,33)/b19-14-. The Morgan fingerprint density at radius 3 is 2.40 bits per heavy atom. The van der Waals surface area contributed by atoms with Crippen molar-refractivity contribution in [3.63, 3.8) is 0 Å². The van der Waals surface area contributed by atoms with Gasteiger partial charge in [-0.25, -0.2) is 14.5 Å². The van der Waals surface area contributed by atoms with Gasteiger partial charge in [0.15, 0.2) is 0 Å². The molecule has 1 fully saturated rings. The molecule has 3 aromatic rings. The minimum atomic E-state index is -0.901. The molecule has 1 N–H and O–H groups in total. The lowest BCUT2D eigenvalue weighted by molar-refractivity contribution is -0.122. The number of aryl methyl sites for hydroxylation is 1. The van der Waals surface area contributed by atoms with E-state index >= 15 is 0 Å². The van der Waals surface area contributed by atoms with Crippen LogP contribution in [0.4, 0.5) is 10.5 Å². The van der Waals surface area contributed by atoms with Crippen LogP contribution in [-0.4, -0.2) is 30.9 Å². The zero-order chi connectivity index (χ0) is 25.1. The molecule has 0 radical (unpaired) electrons. The molecular weight excluding hydrogens is 516 g/mol. The molecule has 35 heavy (non-hydrogen) atoms. The van der Waals surface area contributed by atoms with Gasteiger partial charge >= 0.3 is 12.0 Å². The first-order valence-electron chi connectivity index (χ1n) is 10.4. The summed E-state index contributed by atoms with van der Waals surface area (Å²) in [5.74, 6) is -1.91. The van der Waals surface area contributed by atoms with Crippen molar-refractivity contribution in [1.29, 1.82) is 0 Å². The van der Waals surface area contributed by atoms with Gasteiger partial charge in [0.05, 0.1) is 18.4 Å². The minimum Gasteiger partial charge on any atom is -0.495 e. The number of carbonyl (C=O) groups excluding carboxylic acids is 4. The number of benzene rings is 3. The van der Waals surface area contributed by atoms with Gasteiger partial charge in [0.2, 0.25) is 0 Å². The van der Waals surface area contributed by atoms with Gasteiger partial charge in [-0.2, -0.15) is 0 Å². The Labute approximate surface area is 209 Å². The van der Waals surface area contributed by atoms with Crippen molar-refractivity contribution in [2.75, 3.05) is 12.0 Å². The van der Waals surface area contributed by atoms with Gasteiger partial charge in [-0.15, -0.1) is 0 Å². The smallest absolute Gasteiger partial charge is 0.343 e. The number of esters is 1. The summed E-state index contributed by atoms with van der Waals surface area (Å²) in [5.41, 5.74) is 1.48. The lowest BCUT2D eigenvalue weighted by Crippen LogP contribution is -2.54. The highest BCUT2D eigenvalue weighted by Gasteiger charge is 2.38. The maximum atomic E-state index is 13.3. The number of imide groups is 2. The second-order valence-corrected chi connectivity index (χ2v) is 8.48. The van der Waals surface area contributed by atoms with Crippen molar-refractivity contribution >= 4 is 51.5 Å². The van der Waals surface area contributed by atoms with Crippen molar-refractivity contribution in [2.24, 2.45) is 0 Å². The highest BCUT2D eigenvalue weighted by molar-refractivity contribution is 9.10. The Balaban J connectivity index is 1.72. The topological polar surface area (TPSA) is 102 Å². The molecule has 176 valence electrons. The van der Waals surface area contributed by atoms with Crippen molar-refractivity contribution in [2.45, 2.75) is 6.92 Å². The molecule has 0 atom stereocenters. The number of rotatable bonds is 5. The fourth-order valence-electron chi connectivity index (χ4n) is 3.42. The lowest BCUT2D eigenvalue weighted by Gasteiger charge is -2.27. The number of carbonyl (C=O) groups is 4. The number of hydrogen-bond acceptors (Lipinski definition) is 6. The van der Waals surface area contributed by atoms with E-state index in [9.17, 15) is 19.2 Å². The molecule has 0 saturated carbocycles. The van der Waals surface area contributed by atoms with E-state index in [1.807, 2.05) is 6.92 Å². The van der Waals surface area contributed by atoms with Gasteiger partial charge in [-0.1, -0.05) is 45.8 Å². The maximum absolute atomic E-state index is 13.3. The van der Waals surface area contributed by atoms with Gasteiger partial charge < -0.3 is 9.47 Å². The molecule has 0 bridgehead atoms. The molecule has 0 spiro atoms. The lowest BCUT2D eigenvalue weighted by atomic mass is 10.1. The van der Waals surface area contributed by atoms with Crippen molar-refractivity contribution in [1.82, 2.24) is 5.32 Å². The Morgan fingerprint density at radius 1 is 0.971 bits per heavy atom. The number of barbiturate groups is 1. The van der Waals surface area contributed by atoms with Gasteiger partial charge in [0, 0.05) is 10.0 Å². The molecular formula is C26H19BrN2O6.